The number of para-hydroxylation sites is 1. The van der Waals surface area contributed by atoms with Gasteiger partial charge in [0.1, 0.15) is 11.5 Å². The summed E-state index contributed by atoms with van der Waals surface area (Å²) >= 11 is 6.10. The highest BCUT2D eigenvalue weighted by Gasteiger charge is 2.21. The lowest BCUT2D eigenvalue weighted by Crippen LogP contribution is -2.27. The molecular weight excluding hydrogens is 390 g/mol. The van der Waals surface area contributed by atoms with Crippen molar-refractivity contribution in [3.05, 3.63) is 83.4 Å². The van der Waals surface area contributed by atoms with Crippen molar-refractivity contribution in [3.63, 3.8) is 0 Å². The number of amides is 3. The average molecular weight is 408 g/mol. The maximum Gasteiger partial charge on any atom is 0.321 e. The predicted molar refractivity (Wildman–Crippen MR) is 113 cm³/mol. The maximum absolute atomic E-state index is 12.5. The molecular formula is C22H18ClN3O3. The monoisotopic (exact) mass is 407 g/mol. The molecule has 3 aromatic rings. The van der Waals surface area contributed by atoms with Gasteiger partial charge in [-0.05, 0) is 60.7 Å². The fourth-order valence-corrected chi connectivity index (χ4v) is 3.15. The number of ether oxygens (including phenoxy) is 1. The van der Waals surface area contributed by atoms with Gasteiger partial charge in [-0.3, -0.25) is 9.69 Å². The van der Waals surface area contributed by atoms with Crippen molar-refractivity contribution in [1.82, 2.24) is 5.32 Å². The van der Waals surface area contributed by atoms with Crippen molar-refractivity contribution in [1.29, 1.82) is 0 Å². The standard InChI is InChI=1S/C22H18ClN3O3/c23-19-3-1-2-4-20(19)29-18-11-7-16(8-12-18)25-21(27)15-5-9-17(10-6-15)26-14-13-24-22(26)28/h1-12H,13-14H2,(H,24,28)(H,25,27). The van der Waals surface area contributed by atoms with Gasteiger partial charge in [0.05, 0.1) is 5.02 Å². The van der Waals surface area contributed by atoms with E-state index >= 15 is 0 Å². The Labute approximate surface area is 173 Å². The molecule has 0 aromatic heterocycles. The molecule has 4 rings (SSSR count). The Hall–Kier alpha value is -3.51. The fraction of sp³-hybridized carbons (Fsp3) is 0.0909. The predicted octanol–water partition coefficient (Wildman–Crippen LogP) is 4.91. The third-order valence-electron chi connectivity index (χ3n) is 4.47. The average Bonchev–Trinajstić information content (AvgIpc) is 3.17. The Morgan fingerprint density at radius 2 is 1.72 bits per heavy atom. The summed E-state index contributed by atoms with van der Waals surface area (Å²) in [7, 11) is 0. The number of rotatable bonds is 5. The first kappa shape index (κ1) is 18.8. The summed E-state index contributed by atoms with van der Waals surface area (Å²) in [4.78, 5) is 25.8. The molecule has 6 nitrogen and oxygen atoms in total. The first-order chi connectivity index (χ1) is 14.1. The number of carbonyl (C=O) groups is 2. The van der Waals surface area contributed by atoms with Crippen LogP contribution in [0.15, 0.2) is 72.8 Å². The minimum absolute atomic E-state index is 0.124. The van der Waals surface area contributed by atoms with Gasteiger partial charge < -0.3 is 15.4 Å². The molecule has 29 heavy (non-hydrogen) atoms. The van der Waals surface area contributed by atoms with Crippen LogP contribution in [0.3, 0.4) is 0 Å². The van der Waals surface area contributed by atoms with Gasteiger partial charge >= 0.3 is 6.03 Å². The van der Waals surface area contributed by atoms with Crippen LogP contribution in [0.1, 0.15) is 10.4 Å². The number of hydrogen-bond acceptors (Lipinski definition) is 3. The summed E-state index contributed by atoms with van der Waals surface area (Å²) in [6, 6.07) is 21.1. The summed E-state index contributed by atoms with van der Waals surface area (Å²) < 4.78 is 5.74. The summed E-state index contributed by atoms with van der Waals surface area (Å²) in [5.74, 6) is 0.948. The number of carbonyl (C=O) groups excluding carboxylic acids is 2. The zero-order valence-corrected chi connectivity index (χ0v) is 16.1. The normalized spacial score (nSPS) is 13.1. The third-order valence-corrected chi connectivity index (χ3v) is 4.79. The Balaban J connectivity index is 1.39. The second-order valence-electron chi connectivity index (χ2n) is 6.44. The molecule has 0 radical (unpaired) electrons. The van der Waals surface area contributed by atoms with Crippen molar-refractivity contribution in [2.75, 3.05) is 23.3 Å². The van der Waals surface area contributed by atoms with E-state index in [0.29, 0.717) is 40.9 Å². The Bertz CT molecular complexity index is 1040. The van der Waals surface area contributed by atoms with E-state index in [9.17, 15) is 9.59 Å². The summed E-state index contributed by atoms with van der Waals surface area (Å²) in [5, 5.41) is 6.12. The van der Waals surface area contributed by atoms with Crippen LogP contribution in [0.25, 0.3) is 0 Å². The van der Waals surface area contributed by atoms with Crippen LogP contribution in [0, 0.1) is 0 Å². The van der Waals surface area contributed by atoms with Crippen molar-refractivity contribution in [2.24, 2.45) is 0 Å². The Kier molecular flexibility index (Phi) is 5.35. The minimum Gasteiger partial charge on any atom is -0.456 e. The van der Waals surface area contributed by atoms with Crippen molar-refractivity contribution in [3.8, 4) is 11.5 Å². The van der Waals surface area contributed by atoms with Crippen molar-refractivity contribution < 1.29 is 14.3 Å². The van der Waals surface area contributed by atoms with Crippen molar-refractivity contribution in [2.45, 2.75) is 0 Å². The van der Waals surface area contributed by atoms with Crippen LogP contribution in [-0.2, 0) is 0 Å². The van der Waals surface area contributed by atoms with E-state index in [1.165, 1.54) is 0 Å². The molecule has 1 aliphatic heterocycles. The highest BCUT2D eigenvalue weighted by Crippen LogP contribution is 2.29. The van der Waals surface area contributed by atoms with Crippen LogP contribution >= 0.6 is 11.6 Å². The molecule has 1 saturated heterocycles. The van der Waals surface area contributed by atoms with Crippen LogP contribution < -0.4 is 20.3 Å². The minimum atomic E-state index is -0.234. The molecule has 7 heteroatoms. The van der Waals surface area contributed by atoms with Gasteiger partial charge in [-0.1, -0.05) is 23.7 Å². The molecule has 0 saturated carbocycles. The smallest absolute Gasteiger partial charge is 0.321 e. The lowest BCUT2D eigenvalue weighted by Gasteiger charge is -2.14. The molecule has 3 amide bonds. The maximum atomic E-state index is 12.5. The van der Waals surface area contributed by atoms with E-state index in [1.807, 2.05) is 12.1 Å². The molecule has 1 heterocycles. The van der Waals surface area contributed by atoms with Gasteiger partial charge in [-0.15, -0.1) is 0 Å². The first-order valence-electron chi connectivity index (χ1n) is 9.09. The van der Waals surface area contributed by atoms with Gasteiger partial charge in [0.2, 0.25) is 0 Å². The number of hydrogen-bond donors (Lipinski definition) is 2. The Morgan fingerprint density at radius 3 is 2.38 bits per heavy atom. The Morgan fingerprint density at radius 1 is 1.00 bits per heavy atom. The van der Waals surface area contributed by atoms with E-state index in [-0.39, 0.29) is 11.9 Å². The molecule has 1 fully saturated rings. The highest BCUT2D eigenvalue weighted by molar-refractivity contribution is 6.32. The molecule has 2 N–H and O–H groups in total. The number of halogens is 1. The van der Waals surface area contributed by atoms with Crippen LogP contribution in [0.5, 0.6) is 11.5 Å². The van der Waals surface area contributed by atoms with Gasteiger partial charge in [0.25, 0.3) is 5.91 Å². The van der Waals surface area contributed by atoms with Gasteiger partial charge in [0, 0.05) is 30.0 Å². The molecule has 146 valence electrons. The van der Waals surface area contributed by atoms with Crippen LogP contribution in [0.4, 0.5) is 16.2 Å². The van der Waals surface area contributed by atoms with Gasteiger partial charge in [0.15, 0.2) is 0 Å². The van der Waals surface area contributed by atoms with Crippen LogP contribution in [-0.4, -0.2) is 25.0 Å². The molecule has 0 spiro atoms. The summed E-state index contributed by atoms with van der Waals surface area (Å²) in [6.45, 7) is 1.24. The van der Waals surface area contributed by atoms with E-state index in [0.717, 1.165) is 5.69 Å². The fourth-order valence-electron chi connectivity index (χ4n) is 2.97. The van der Waals surface area contributed by atoms with E-state index in [2.05, 4.69) is 10.6 Å². The molecule has 0 unspecified atom stereocenters. The highest BCUT2D eigenvalue weighted by atomic mass is 35.5. The zero-order chi connectivity index (χ0) is 20.2. The number of nitrogens with zero attached hydrogens (tertiary/aromatic N) is 1. The van der Waals surface area contributed by atoms with E-state index in [4.69, 9.17) is 16.3 Å². The molecule has 0 bridgehead atoms. The van der Waals surface area contributed by atoms with E-state index < -0.39 is 0 Å². The number of urea groups is 1. The number of nitrogens with one attached hydrogen (secondary N) is 2. The quantitative estimate of drug-likeness (QED) is 0.631. The first-order valence-corrected chi connectivity index (χ1v) is 9.47. The molecule has 0 aliphatic carbocycles. The van der Waals surface area contributed by atoms with Gasteiger partial charge in [-0.2, -0.15) is 0 Å². The topological polar surface area (TPSA) is 70.7 Å². The molecule has 1 aliphatic rings. The van der Waals surface area contributed by atoms with E-state index in [1.54, 1.807) is 65.6 Å². The lowest BCUT2D eigenvalue weighted by atomic mass is 10.1. The van der Waals surface area contributed by atoms with Crippen molar-refractivity contribution >= 4 is 34.9 Å². The van der Waals surface area contributed by atoms with Gasteiger partial charge in [-0.25, -0.2) is 4.79 Å². The molecule has 0 atom stereocenters. The summed E-state index contributed by atoms with van der Waals surface area (Å²) in [6.07, 6.45) is 0. The SMILES string of the molecule is O=C(Nc1ccc(Oc2ccccc2Cl)cc1)c1ccc(N2CCNC2=O)cc1. The number of benzene rings is 3. The molecule has 3 aromatic carbocycles. The summed E-state index contributed by atoms with van der Waals surface area (Å²) in [5.41, 5.74) is 1.91. The largest absolute Gasteiger partial charge is 0.456 e. The second kappa shape index (κ2) is 8.24. The third kappa shape index (κ3) is 4.33. The zero-order valence-electron chi connectivity index (χ0n) is 15.4. The number of anilines is 2. The lowest BCUT2D eigenvalue weighted by molar-refractivity contribution is 0.102. The second-order valence-corrected chi connectivity index (χ2v) is 6.85. The van der Waals surface area contributed by atoms with Crippen LogP contribution in [0.2, 0.25) is 5.02 Å².